The Morgan fingerprint density at radius 1 is 1.47 bits per heavy atom. The van der Waals surface area contributed by atoms with Crippen LogP contribution in [-0.4, -0.2) is 31.8 Å². The fourth-order valence-electron chi connectivity index (χ4n) is 1.05. The topological polar surface area (TPSA) is 61.6 Å². The van der Waals surface area contributed by atoms with Crippen molar-refractivity contribution in [3.8, 4) is 0 Å². The van der Waals surface area contributed by atoms with E-state index in [4.69, 9.17) is 15.2 Å². The average molecular weight is 217 g/mol. The van der Waals surface area contributed by atoms with Gasteiger partial charge < -0.3 is 15.2 Å². The van der Waals surface area contributed by atoms with E-state index >= 15 is 0 Å². The first kappa shape index (κ1) is 14.4. The molecule has 90 valence electrons. The minimum absolute atomic E-state index is 0.171. The summed E-state index contributed by atoms with van der Waals surface area (Å²) in [6, 6.07) is 0. The highest BCUT2D eigenvalue weighted by atomic mass is 16.5. The van der Waals surface area contributed by atoms with Gasteiger partial charge in [0.15, 0.2) is 0 Å². The van der Waals surface area contributed by atoms with Crippen LogP contribution in [0.15, 0.2) is 0 Å². The van der Waals surface area contributed by atoms with Crippen LogP contribution in [0.4, 0.5) is 0 Å². The Kier molecular flexibility index (Phi) is 6.52. The molecule has 0 aromatic rings. The van der Waals surface area contributed by atoms with Gasteiger partial charge in [-0.3, -0.25) is 4.79 Å². The van der Waals surface area contributed by atoms with Crippen LogP contribution in [0.1, 0.15) is 33.6 Å². The van der Waals surface area contributed by atoms with Crippen LogP contribution in [0.3, 0.4) is 0 Å². The Balaban J connectivity index is 3.81. The Morgan fingerprint density at radius 3 is 2.47 bits per heavy atom. The van der Waals surface area contributed by atoms with Crippen LogP contribution in [-0.2, 0) is 14.3 Å². The number of carbonyl (C=O) groups is 1. The van der Waals surface area contributed by atoms with Crippen molar-refractivity contribution in [2.75, 3.05) is 20.3 Å². The SMILES string of the molecule is CCC(CN)C(=O)OCCC(C)(C)OC. The first-order valence-electron chi connectivity index (χ1n) is 5.38. The van der Waals surface area contributed by atoms with Gasteiger partial charge in [0.1, 0.15) is 0 Å². The Bertz CT molecular complexity index is 188. The Labute approximate surface area is 92.1 Å². The second kappa shape index (κ2) is 6.80. The molecule has 2 N–H and O–H groups in total. The lowest BCUT2D eigenvalue weighted by Crippen LogP contribution is -2.29. The summed E-state index contributed by atoms with van der Waals surface area (Å²) in [5.41, 5.74) is 5.20. The van der Waals surface area contributed by atoms with Crippen LogP contribution >= 0.6 is 0 Å². The number of hydrogen-bond donors (Lipinski definition) is 1. The van der Waals surface area contributed by atoms with E-state index in [1.807, 2.05) is 20.8 Å². The zero-order valence-corrected chi connectivity index (χ0v) is 10.2. The molecule has 0 heterocycles. The van der Waals surface area contributed by atoms with Crippen molar-refractivity contribution in [2.45, 2.75) is 39.2 Å². The van der Waals surface area contributed by atoms with Gasteiger partial charge in [-0.25, -0.2) is 0 Å². The van der Waals surface area contributed by atoms with Gasteiger partial charge >= 0.3 is 5.97 Å². The smallest absolute Gasteiger partial charge is 0.310 e. The number of hydrogen-bond acceptors (Lipinski definition) is 4. The molecule has 0 aliphatic rings. The molecule has 0 bridgehead atoms. The highest BCUT2D eigenvalue weighted by Gasteiger charge is 2.19. The third-order valence-corrected chi connectivity index (χ3v) is 2.61. The van der Waals surface area contributed by atoms with Crippen LogP contribution in [0.5, 0.6) is 0 Å². The minimum Gasteiger partial charge on any atom is -0.465 e. The molecule has 4 nitrogen and oxygen atoms in total. The van der Waals surface area contributed by atoms with Crippen LogP contribution in [0.25, 0.3) is 0 Å². The molecule has 0 aromatic heterocycles. The summed E-state index contributed by atoms with van der Waals surface area (Å²) in [5.74, 6) is -0.373. The van der Waals surface area contributed by atoms with Crippen molar-refractivity contribution in [3.63, 3.8) is 0 Å². The van der Waals surface area contributed by atoms with Gasteiger partial charge in [0.25, 0.3) is 0 Å². The number of methoxy groups -OCH3 is 1. The van der Waals surface area contributed by atoms with E-state index in [1.165, 1.54) is 0 Å². The van der Waals surface area contributed by atoms with Crippen molar-refractivity contribution in [2.24, 2.45) is 11.7 Å². The summed E-state index contributed by atoms with van der Waals surface area (Å²) in [7, 11) is 1.65. The van der Waals surface area contributed by atoms with Crippen molar-refractivity contribution >= 4 is 5.97 Å². The number of carbonyl (C=O) groups excluding carboxylic acids is 1. The third-order valence-electron chi connectivity index (χ3n) is 2.61. The van der Waals surface area contributed by atoms with E-state index in [1.54, 1.807) is 7.11 Å². The molecule has 4 heteroatoms. The van der Waals surface area contributed by atoms with E-state index in [2.05, 4.69) is 0 Å². The standard InChI is InChI=1S/C11H23NO3/c1-5-9(8-12)10(13)15-7-6-11(2,3)14-4/h9H,5-8,12H2,1-4H3. The lowest BCUT2D eigenvalue weighted by Gasteiger charge is -2.22. The normalized spacial score (nSPS) is 13.7. The molecule has 0 rings (SSSR count). The molecule has 0 saturated heterocycles. The van der Waals surface area contributed by atoms with Gasteiger partial charge in [-0.1, -0.05) is 6.92 Å². The molecule has 0 aliphatic heterocycles. The second-order valence-corrected chi connectivity index (χ2v) is 4.22. The highest BCUT2D eigenvalue weighted by Crippen LogP contribution is 2.13. The highest BCUT2D eigenvalue weighted by molar-refractivity contribution is 5.72. The molecule has 15 heavy (non-hydrogen) atoms. The molecule has 0 radical (unpaired) electrons. The molecule has 0 fully saturated rings. The zero-order valence-electron chi connectivity index (χ0n) is 10.2. The third kappa shape index (κ3) is 5.74. The summed E-state index contributed by atoms with van der Waals surface area (Å²) < 4.78 is 10.3. The largest absolute Gasteiger partial charge is 0.465 e. The molecule has 0 aromatic carbocycles. The summed E-state index contributed by atoms with van der Waals surface area (Å²) in [5, 5.41) is 0. The Morgan fingerprint density at radius 2 is 2.07 bits per heavy atom. The fourth-order valence-corrected chi connectivity index (χ4v) is 1.05. The van der Waals surface area contributed by atoms with E-state index in [0.29, 0.717) is 19.6 Å². The number of ether oxygens (including phenoxy) is 2. The lowest BCUT2D eigenvalue weighted by molar-refractivity contribution is -0.149. The van der Waals surface area contributed by atoms with E-state index in [0.717, 1.165) is 6.42 Å². The molecule has 0 saturated carbocycles. The predicted octanol–water partition coefficient (Wildman–Crippen LogP) is 1.33. The summed E-state index contributed by atoms with van der Waals surface area (Å²) in [6.45, 7) is 6.58. The number of esters is 1. The Hall–Kier alpha value is -0.610. The molecule has 0 amide bonds. The summed E-state index contributed by atoms with van der Waals surface area (Å²) >= 11 is 0. The molecule has 0 aliphatic carbocycles. The fraction of sp³-hybridized carbons (Fsp3) is 0.909. The molecular formula is C11H23NO3. The van der Waals surface area contributed by atoms with Crippen molar-refractivity contribution in [3.05, 3.63) is 0 Å². The van der Waals surface area contributed by atoms with E-state index < -0.39 is 0 Å². The number of rotatable bonds is 7. The van der Waals surface area contributed by atoms with Gasteiger partial charge in [0.2, 0.25) is 0 Å². The molecule has 0 spiro atoms. The minimum atomic E-state index is -0.245. The average Bonchev–Trinajstić information content (AvgIpc) is 2.19. The quantitative estimate of drug-likeness (QED) is 0.653. The maximum Gasteiger partial charge on any atom is 0.310 e. The van der Waals surface area contributed by atoms with Gasteiger partial charge in [-0.2, -0.15) is 0 Å². The number of nitrogens with two attached hydrogens (primary N) is 1. The van der Waals surface area contributed by atoms with Crippen molar-refractivity contribution in [1.29, 1.82) is 0 Å². The summed E-state index contributed by atoms with van der Waals surface area (Å²) in [6.07, 6.45) is 1.42. The first-order valence-corrected chi connectivity index (χ1v) is 5.38. The second-order valence-electron chi connectivity index (χ2n) is 4.22. The van der Waals surface area contributed by atoms with Gasteiger partial charge in [-0.15, -0.1) is 0 Å². The lowest BCUT2D eigenvalue weighted by atomic mass is 10.1. The molecule has 1 atom stereocenters. The first-order chi connectivity index (χ1) is 6.96. The van der Waals surface area contributed by atoms with Crippen molar-refractivity contribution in [1.82, 2.24) is 0 Å². The molecule has 1 unspecified atom stereocenters. The zero-order chi connectivity index (χ0) is 11.9. The van der Waals surface area contributed by atoms with Gasteiger partial charge in [0.05, 0.1) is 18.1 Å². The van der Waals surface area contributed by atoms with Crippen LogP contribution < -0.4 is 5.73 Å². The van der Waals surface area contributed by atoms with Gasteiger partial charge in [0, 0.05) is 20.1 Å². The van der Waals surface area contributed by atoms with Crippen LogP contribution in [0.2, 0.25) is 0 Å². The predicted molar refractivity (Wildman–Crippen MR) is 59.5 cm³/mol. The summed E-state index contributed by atoms with van der Waals surface area (Å²) in [4.78, 5) is 11.4. The van der Waals surface area contributed by atoms with E-state index in [9.17, 15) is 4.79 Å². The molecular weight excluding hydrogens is 194 g/mol. The van der Waals surface area contributed by atoms with Crippen molar-refractivity contribution < 1.29 is 14.3 Å². The van der Waals surface area contributed by atoms with Gasteiger partial charge in [-0.05, 0) is 20.3 Å². The monoisotopic (exact) mass is 217 g/mol. The maximum absolute atomic E-state index is 11.4. The maximum atomic E-state index is 11.4. The van der Waals surface area contributed by atoms with Crippen LogP contribution in [0, 0.1) is 5.92 Å². The van der Waals surface area contributed by atoms with E-state index in [-0.39, 0.29) is 17.5 Å².